The molecule has 1 aromatic carbocycles. The molecule has 0 unspecified atom stereocenters. The van der Waals surface area contributed by atoms with E-state index in [2.05, 4.69) is 5.32 Å². The average molecular weight is 397 g/mol. The third-order valence-electron chi connectivity index (χ3n) is 5.47. The second kappa shape index (κ2) is 8.16. The molecule has 1 saturated heterocycles. The van der Waals surface area contributed by atoms with E-state index in [-0.39, 0.29) is 18.5 Å². The van der Waals surface area contributed by atoms with Crippen molar-refractivity contribution < 1.29 is 22.7 Å². The number of amides is 1. The van der Waals surface area contributed by atoms with E-state index < -0.39 is 15.4 Å². The number of carbonyl (C=O) groups excluding carboxylic acids is 1. The van der Waals surface area contributed by atoms with Gasteiger partial charge >= 0.3 is 0 Å². The minimum atomic E-state index is -3.33. The molecule has 1 aliphatic heterocycles. The van der Waals surface area contributed by atoms with Crippen molar-refractivity contribution in [3.8, 4) is 5.75 Å². The molecular weight excluding hydrogens is 368 g/mol. The highest BCUT2D eigenvalue weighted by Gasteiger charge is 2.51. The van der Waals surface area contributed by atoms with Crippen LogP contribution in [-0.4, -0.2) is 64.3 Å². The Labute approximate surface area is 161 Å². The van der Waals surface area contributed by atoms with Crippen LogP contribution in [0, 0.1) is 0 Å². The maximum atomic E-state index is 12.8. The van der Waals surface area contributed by atoms with E-state index in [0.717, 1.165) is 24.2 Å². The average Bonchev–Trinajstić information content (AvgIpc) is 3.47. The lowest BCUT2D eigenvalue weighted by molar-refractivity contribution is -0.123. The maximum absolute atomic E-state index is 12.8. The number of hydrogen-bond donors (Lipinski definition) is 1. The first kappa shape index (κ1) is 20.1. The Morgan fingerprint density at radius 1 is 1.26 bits per heavy atom. The van der Waals surface area contributed by atoms with Crippen LogP contribution in [0.25, 0.3) is 0 Å². The van der Waals surface area contributed by atoms with E-state index in [4.69, 9.17) is 9.47 Å². The number of methoxy groups -OCH3 is 1. The fourth-order valence-corrected chi connectivity index (χ4v) is 4.90. The van der Waals surface area contributed by atoms with Gasteiger partial charge in [-0.1, -0.05) is 12.1 Å². The minimum absolute atomic E-state index is 0.0342. The summed E-state index contributed by atoms with van der Waals surface area (Å²) in [5.41, 5.74) is 0.492. The molecule has 3 rings (SSSR count). The van der Waals surface area contributed by atoms with Crippen LogP contribution in [0.5, 0.6) is 5.75 Å². The van der Waals surface area contributed by atoms with Crippen LogP contribution in [0.15, 0.2) is 24.3 Å². The molecule has 0 radical (unpaired) electrons. The summed E-state index contributed by atoms with van der Waals surface area (Å²) in [6.45, 7) is 1.74. The smallest absolute Gasteiger partial charge is 0.230 e. The lowest BCUT2D eigenvalue weighted by atomic mass is 9.95. The molecule has 1 saturated carbocycles. The topological polar surface area (TPSA) is 84.9 Å². The molecule has 8 heteroatoms. The number of sulfonamides is 1. The van der Waals surface area contributed by atoms with Crippen molar-refractivity contribution in [2.24, 2.45) is 0 Å². The number of nitrogens with one attached hydrogen (secondary N) is 1. The lowest BCUT2D eigenvalue weighted by Crippen LogP contribution is -2.47. The van der Waals surface area contributed by atoms with Crippen molar-refractivity contribution in [3.63, 3.8) is 0 Å². The molecule has 1 heterocycles. The van der Waals surface area contributed by atoms with Crippen LogP contribution in [0.2, 0.25) is 0 Å². The van der Waals surface area contributed by atoms with Crippen molar-refractivity contribution in [3.05, 3.63) is 29.8 Å². The van der Waals surface area contributed by atoms with Gasteiger partial charge in [0.2, 0.25) is 15.9 Å². The molecule has 1 N–H and O–H groups in total. The van der Waals surface area contributed by atoms with E-state index >= 15 is 0 Å². The zero-order valence-electron chi connectivity index (χ0n) is 15.9. The van der Waals surface area contributed by atoms with Gasteiger partial charge in [-0.05, 0) is 43.4 Å². The molecule has 1 aromatic rings. The van der Waals surface area contributed by atoms with Gasteiger partial charge in [-0.2, -0.15) is 4.31 Å². The van der Waals surface area contributed by atoms with Crippen LogP contribution < -0.4 is 10.1 Å². The Bertz CT molecular complexity index is 753. The van der Waals surface area contributed by atoms with Gasteiger partial charge in [0.15, 0.2) is 0 Å². The second-order valence-electron chi connectivity index (χ2n) is 7.28. The van der Waals surface area contributed by atoms with E-state index in [1.807, 2.05) is 24.3 Å². The third kappa shape index (κ3) is 4.62. The lowest BCUT2D eigenvalue weighted by Gasteiger charge is -2.32. The van der Waals surface area contributed by atoms with Crippen molar-refractivity contribution in [2.45, 2.75) is 37.1 Å². The molecule has 2 aliphatic rings. The Kier molecular flexibility index (Phi) is 6.08. The van der Waals surface area contributed by atoms with Gasteiger partial charge in [-0.15, -0.1) is 0 Å². The Morgan fingerprint density at radius 2 is 1.89 bits per heavy atom. The molecule has 1 amide bonds. The number of rotatable bonds is 8. The van der Waals surface area contributed by atoms with Gasteiger partial charge in [0.25, 0.3) is 0 Å². The van der Waals surface area contributed by atoms with Crippen LogP contribution in [0.1, 0.15) is 31.2 Å². The largest absolute Gasteiger partial charge is 0.497 e. The summed E-state index contributed by atoms with van der Waals surface area (Å²) in [6.07, 6.45) is 4.22. The molecule has 0 bridgehead atoms. The van der Waals surface area contributed by atoms with Gasteiger partial charge in [-0.25, -0.2) is 8.42 Å². The first-order valence-corrected chi connectivity index (χ1v) is 11.2. The number of benzene rings is 1. The summed E-state index contributed by atoms with van der Waals surface area (Å²) in [7, 11) is -1.72. The minimum Gasteiger partial charge on any atom is -0.497 e. The van der Waals surface area contributed by atoms with Crippen LogP contribution in [-0.2, 0) is 25.0 Å². The van der Waals surface area contributed by atoms with Gasteiger partial charge in [0.05, 0.1) is 18.8 Å². The van der Waals surface area contributed by atoms with Gasteiger partial charge in [0, 0.05) is 32.3 Å². The quantitative estimate of drug-likeness (QED) is 0.716. The first-order valence-electron chi connectivity index (χ1n) is 9.34. The summed E-state index contributed by atoms with van der Waals surface area (Å²) in [5, 5.41) is 2.95. The summed E-state index contributed by atoms with van der Waals surface area (Å²) in [6, 6.07) is 7.52. The summed E-state index contributed by atoms with van der Waals surface area (Å²) >= 11 is 0. The Balaban J connectivity index is 1.59. The van der Waals surface area contributed by atoms with E-state index in [1.54, 1.807) is 7.11 Å². The molecule has 2 fully saturated rings. The van der Waals surface area contributed by atoms with Crippen LogP contribution in [0.3, 0.4) is 0 Å². The highest BCUT2D eigenvalue weighted by Crippen LogP contribution is 2.48. The standard InChI is InChI=1S/C19H28N2O5S/c1-25-17-5-3-15(4-6-17)19(9-10-19)18(22)20-11-12-21(27(2,23)24)16-7-13-26-14-8-16/h3-6,16H,7-14H2,1-2H3,(H,20,22). The molecule has 0 atom stereocenters. The van der Waals surface area contributed by atoms with Crippen LogP contribution in [0.4, 0.5) is 0 Å². The Morgan fingerprint density at radius 3 is 2.41 bits per heavy atom. The van der Waals surface area contributed by atoms with E-state index in [9.17, 15) is 13.2 Å². The van der Waals surface area contributed by atoms with Gasteiger partial charge < -0.3 is 14.8 Å². The summed E-state index contributed by atoms with van der Waals surface area (Å²) < 4.78 is 36.3. The van der Waals surface area contributed by atoms with Crippen molar-refractivity contribution in [1.82, 2.24) is 9.62 Å². The van der Waals surface area contributed by atoms with Crippen molar-refractivity contribution in [1.29, 1.82) is 0 Å². The zero-order valence-corrected chi connectivity index (χ0v) is 16.8. The van der Waals surface area contributed by atoms with E-state index in [0.29, 0.717) is 32.6 Å². The first-order chi connectivity index (χ1) is 12.9. The maximum Gasteiger partial charge on any atom is 0.230 e. The second-order valence-corrected chi connectivity index (χ2v) is 9.22. The molecular formula is C19H28N2O5S. The fraction of sp³-hybridized carbons (Fsp3) is 0.632. The predicted octanol–water partition coefficient (Wildman–Crippen LogP) is 1.28. The molecule has 1 aliphatic carbocycles. The van der Waals surface area contributed by atoms with E-state index in [1.165, 1.54) is 10.6 Å². The molecule has 0 spiro atoms. The molecule has 150 valence electrons. The SMILES string of the molecule is COc1ccc(C2(C(=O)NCCN(C3CCOCC3)S(C)(=O)=O)CC2)cc1. The summed E-state index contributed by atoms with van der Waals surface area (Å²) in [4.78, 5) is 12.8. The van der Waals surface area contributed by atoms with Crippen LogP contribution >= 0.6 is 0 Å². The highest BCUT2D eigenvalue weighted by molar-refractivity contribution is 7.88. The van der Waals surface area contributed by atoms with Gasteiger partial charge in [0.1, 0.15) is 5.75 Å². The molecule has 27 heavy (non-hydrogen) atoms. The number of hydrogen-bond acceptors (Lipinski definition) is 5. The number of carbonyl (C=O) groups is 1. The monoisotopic (exact) mass is 396 g/mol. The summed E-state index contributed by atoms with van der Waals surface area (Å²) in [5.74, 6) is 0.725. The highest BCUT2D eigenvalue weighted by atomic mass is 32.2. The normalized spacial score (nSPS) is 19.7. The molecule has 0 aromatic heterocycles. The fourth-order valence-electron chi connectivity index (χ4n) is 3.72. The predicted molar refractivity (Wildman–Crippen MR) is 102 cm³/mol. The Hall–Kier alpha value is -1.64. The third-order valence-corrected chi connectivity index (χ3v) is 6.80. The zero-order chi connectivity index (χ0) is 19.5. The van der Waals surface area contributed by atoms with Gasteiger partial charge in [-0.3, -0.25) is 4.79 Å². The van der Waals surface area contributed by atoms with Crippen molar-refractivity contribution >= 4 is 15.9 Å². The van der Waals surface area contributed by atoms with Crippen molar-refractivity contribution in [2.75, 3.05) is 39.7 Å². The number of nitrogens with zero attached hydrogens (tertiary/aromatic N) is 1. The molecule has 7 nitrogen and oxygen atoms in total. The number of ether oxygens (including phenoxy) is 2.